The van der Waals surface area contributed by atoms with Crippen LogP contribution in [0.15, 0.2) is 0 Å². The molecule has 1 saturated carbocycles. The van der Waals surface area contributed by atoms with E-state index in [9.17, 15) is 5.11 Å². The zero-order valence-corrected chi connectivity index (χ0v) is 5.94. The zero-order chi connectivity index (χ0) is 6.53. The van der Waals surface area contributed by atoms with E-state index in [2.05, 4.69) is 0 Å². The monoisotopic (exact) mass is 127 g/mol. The minimum Gasteiger partial charge on any atom is -0.237 e. The molecular weight excluding hydrogens is 112 g/mol. The maximum atomic E-state index is 10.2. The van der Waals surface area contributed by atoms with Crippen LogP contribution < -0.4 is 0 Å². The van der Waals surface area contributed by atoms with E-state index in [1.807, 2.05) is 0 Å². The first-order valence-corrected chi connectivity index (χ1v) is 4.01. The molecule has 1 rings (SSSR count). The van der Waals surface area contributed by atoms with Gasteiger partial charge in [0, 0.05) is 0 Å². The topological polar surface area (TPSA) is 19.9 Å². The van der Waals surface area contributed by atoms with E-state index in [1.54, 1.807) is 0 Å². The molecule has 0 unspecified atom stereocenters. The van der Waals surface area contributed by atoms with Gasteiger partial charge < -0.3 is 0 Å². The number of hydrogen-bond donors (Lipinski definition) is 0. The average Bonchev–Trinajstić information content (AvgIpc) is 1.91. The van der Waals surface area contributed by atoms with Crippen molar-refractivity contribution in [2.75, 3.05) is 6.61 Å². The van der Waals surface area contributed by atoms with Gasteiger partial charge in [-0.25, -0.2) is 5.11 Å². The molecule has 0 bridgehead atoms. The van der Waals surface area contributed by atoms with Crippen LogP contribution in [0.3, 0.4) is 0 Å². The van der Waals surface area contributed by atoms with Crippen molar-refractivity contribution in [1.29, 1.82) is 0 Å². The minimum absolute atomic E-state index is 0.144. The summed E-state index contributed by atoms with van der Waals surface area (Å²) in [4.78, 5) is 0. The van der Waals surface area contributed by atoms with E-state index in [1.165, 1.54) is 32.1 Å². The van der Waals surface area contributed by atoms with Crippen LogP contribution in [0, 0.1) is 5.92 Å². The first-order chi connectivity index (χ1) is 4.43. The zero-order valence-electron chi connectivity index (χ0n) is 5.94. The minimum atomic E-state index is 0.144. The molecule has 53 valence electrons. The molecule has 0 amide bonds. The van der Waals surface area contributed by atoms with Gasteiger partial charge in [0.1, 0.15) is 0 Å². The van der Waals surface area contributed by atoms with E-state index < -0.39 is 0 Å². The molecule has 0 aromatic heterocycles. The van der Waals surface area contributed by atoms with Crippen molar-refractivity contribution >= 4 is 0 Å². The second-order valence-electron chi connectivity index (χ2n) is 3.00. The van der Waals surface area contributed by atoms with Gasteiger partial charge in [-0.05, 0) is 12.3 Å². The lowest BCUT2D eigenvalue weighted by atomic mass is 9.87. The summed E-state index contributed by atoms with van der Waals surface area (Å²) in [6.45, 7) is 0.144. The van der Waals surface area contributed by atoms with Gasteiger partial charge >= 0.3 is 0 Å². The second kappa shape index (κ2) is 3.89. The number of hydrogen-bond acceptors (Lipinski definition) is 0. The van der Waals surface area contributed by atoms with Crippen LogP contribution in [0.1, 0.15) is 38.5 Å². The molecule has 1 aliphatic carbocycles. The highest BCUT2D eigenvalue weighted by molar-refractivity contribution is 4.64. The Morgan fingerprint density at radius 1 is 1.11 bits per heavy atom. The van der Waals surface area contributed by atoms with Crippen molar-refractivity contribution in [1.82, 2.24) is 0 Å². The Hall–Kier alpha value is -0.0400. The van der Waals surface area contributed by atoms with Gasteiger partial charge in [0.15, 0.2) is 0 Å². The van der Waals surface area contributed by atoms with Gasteiger partial charge in [0.2, 0.25) is 0 Å². The van der Waals surface area contributed by atoms with Crippen LogP contribution in [-0.4, -0.2) is 6.61 Å². The van der Waals surface area contributed by atoms with Crippen molar-refractivity contribution in [3.8, 4) is 0 Å². The predicted octanol–water partition coefficient (Wildman–Crippen LogP) is 2.39. The fourth-order valence-electron chi connectivity index (χ4n) is 1.64. The first-order valence-electron chi connectivity index (χ1n) is 4.01. The normalized spacial score (nSPS) is 22.3. The van der Waals surface area contributed by atoms with Crippen molar-refractivity contribution < 1.29 is 5.11 Å². The highest BCUT2D eigenvalue weighted by atomic mass is 16.3. The SMILES string of the molecule is [O]CCC1CCCCC1. The molecular formula is C8H15O. The Morgan fingerprint density at radius 2 is 1.78 bits per heavy atom. The van der Waals surface area contributed by atoms with Crippen LogP contribution in [0.4, 0.5) is 0 Å². The summed E-state index contributed by atoms with van der Waals surface area (Å²) in [6, 6.07) is 0. The maximum Gasteiger partial charge on any atom is 0.0825 e. The summed E-state index contributed by atoms with van der Waals surface area (Å²) in [5.74, 6) is 0.788. The summed E-state index contributed by atoms with van der Waals surface area (Å²) in [7, 11) is 0. The lowest BCUT2D eigenvalue weighted by molar-refractivity contribution is 0.158. The molecule has 1 fully saturated rings. The molecule has 1 radical (unpaired) electrons. The van der Waals surface area contributed by atoms with Crippen molar-refractivity contribution in [3.05, 3.63) is 0 Å². The Balaban J connectivity index is 2.08. The summed E-state index contributed by atoms with van der Waals surface area (Å²) < 4.78 is 0. The maximum absolute atomic E-state index is 10.2. The van der Waals surface area contributed by atoms with Gasteiger partial charge in [-0.3, -0.25) is 0 Å². The average molecular weight is 127 g/mol. The summed E-state index contributed by atoms with van der Waals surface area (Å²) >= 11 is 0. The molecule has 1 nitrogen and oxygen atoms in total. The molecule has 0 aromatic rings. The Morgan fingerprint density at radius 3 is 2.33 bits per heavy atom. The van der Waals surface area contributed by atoms with E-state index >= 15 is 0 Å². The van der Waals surface area contributed by atoms with Crippen molar-refractivity contribution in [2.24, 2.45) is 5.92 Å². The molecule has 0 heterocycles. The van der Waals surface area contributed by atoms with Crippen LogP contribution >= 0.6 is 0 Å². The molecule has 0 aromatic carbocycles. The molecule has 0 aliphatic heterocycles. The third kappa shape index (κ3) is 2.35. The van der Waals surface area contributed by atoms with Gasteiger partial charge in [-0.15, -0.1) is 0 Å². The van der Waals surface area contributed by atoms with E-state index in [4.69, 9.17) is 0 Å². The molecule has 9 heavy (non-hydrogen) atoms. The van der Waals surface area contributed by atoms with Gasteiger partial charge in [0.05, 0.1) is 6.61 Å². The molecule has 1 aliphatic rings. The van der Waals surface area contributed by atoms with Gasteiger partial charge in [0.25, 0.3) is 0 Å². The third-order valence-electron chi connectivity index (χ3n) is 2.25. The second-order valence-corrected chi connectivity index (χ2v) is 3.00. The van der Waals surface area contributed by atoms with Crippen LogP contribution in [0.2, 0.25) is 0 Å². The highest BCUT2D eigenvalue weighted by Crippen LogP contribution is 2.25. The molecule has 1 heteroatoms. The number of rotatable bonds is 2. The molecule has 0 N–H and O–H groups in total. The third-order valence-corrected chi connectivity index (χ3v) is 2.25. The smallest absolute Gasteiger partial charge is 0.0825 e. The van der Waals surface area contributed by atoms with Crippen molar-refractivity contribution in [3.63, 3.8) is 0 Å². The Labute approximate surface area is 57.1 Å². The van der Waals surface area contributed by atoms with Gasteiger partial charge in [-0.2, -0.15) is 0 Å². The lowest BCUT2D eigenvalue weighted by Crippen LogP contribution is -2.06. The fourth-order valence-corrected chi connectivity index (χ4v) is 1.64. The first kappa shape index (κ1) is 7.07. The van der Waals surface area contributed by atoms with Crippen LogP contribution in [0.5, 0.6) is 0 Å². The standard InChI is InChI=1S/C8H15O/c9-7-6-8-4-2-1-3-5-8/h8H,1-7H2. The van der Waals surface area contributed by atoms with E-state index in [0.717, 1.165) is 12.3 Å². The summed E-state index contributed by atoms with van der Waals surface area (Å²) in [5.41, 5.74) is 0. The Bertz CT molecular complexity index is 62.2. The molecule has 0 atom stereocenters. The van der Waals surface area contributed by atoms with Crippen LogP contribution in [-0.2, 0) is 5.11 Å². The summed E-state index contributed by atoms with van der Waals surface area (Å²) in [6.07, 6.45) is 7.70. The lowest BCUT2D eigenvalue weighted by Gasteiger charge is -2.19. The highest BCUT2D eigenvalue weighted by Gasteiger charge is 2.11. The molecule has 0 spiro atoms. The predicted molar refractivity (Wildman–Crippen MR) is 36.7 cm³/mol. The van der Waals surface area contributed by atoms with Crippen LogP contribution in [0.25, 0.3) is 0 Å². The van der Waals surface area contributed by atoms with E-state index in [0.29, 0.717) is 0 Å². The quantitative estimate of drug-likeness (QED) is 0.542. The molecule has 0 saturated heterocycles. The van der Waals surface area contributed by atoms with E-state index in [-0.39, 0.29) is 6.61 Å². The summed E-state index contributed by atoms with van der Waals surface area (Å²) in [5, 5.41) is 10.2. The largest absolute Gasteiger partial charge is 0.237 e. The van der Waals surface area contributed by atoms with Gasteiger partial charge in [-0.1, -0.05) is 32.1 Å². The Kier molecular flexibility index (Phi) is 3.05. The van der Waals surface area contributed by atoms with Crippen molar-refractivity contribution in [2.45, 2.75) is 38.5 Å². The fraction of sp³-hybridized carbons (Fsp3) is 1.00.